The van der Waals surface area contributed by atoms with Crippen LogP contribution in [0.3, 0.4) is 0 Å². The molecule has 1 atom stereocenters. The Bertz CT molecular complexity index is 2470. The van der Waals surface area contributed by atoms with Crippen LogP contribution in [0.1, 0.15) is 91.2 Å². The van der Waals surface area contributed by atoms with Crippen LogP contribution in [0, 0.1) is 68.2 Å². The molecule has 0 amide bonds. The minimum Gasteiger partial charge on any atom is -0.497 e. The maximum absolute atomic E-state index is 7.09. The van der Waals surface area contributed by atoms with E-state index in [4.69, 9.17) is 36.6 Å². The molecule has 60 heavy (non-hydrogen) atoms. The molecule has 2 aliphatic heterocycles. The lowest BCUT2D eigenvalue weighted by atomic mass is 9.89. The molecule has 8 nitrogen and oxygen atoms in total. The third-order valence-electron chi connectivity index (χ3n) is 11.9. The van der Waals surface area contributed by atoms with Crippen molar-refractivity contribution >= 4 is 22.8 Å². The van der Waals surface area contributed by atoms with Gasteiger partial charge in [0.15, 0.2) is 17.3 Å². The minimum atomic E-state index is -2.07. The third kappa shape index (κ3) is 7.81. The maximum Gasteiger partial charge on any atom is 0.530 e. The van der Waals surface area contributed by atoms with Gasteiger partial charge in [-0.25, -0.2) is 0 Å². The second-order valence-electron chi connectivity index (χ2n) is 16.4. The van der Waals surface area contributed by atoms with Gasteiger partial charge < -0.3 is 36.6 Å². The highest BCUT2D eigenvalue weighted by Gasteiger charge is 2.37. The lowest BCUT2D eigenvalue weighted by Gasteiger charge is -2.31. The van der Waals surface area contributed by atoms with E-state index in [9.17, 15) is 0 Å². The average molecular weight is 845 g/mol. The Morgan fingerprint density at radius 2 is 0.917 bits per heavy atom. The van der Waals surface area contributed by atoms with Crippen molar-refractivity contribution in [2.24, 2.45) is 5.92 Å². The van der Waals surface area contributed by atoms with Gasteiger partial charge in [0, 0.05) is 52.7 Å². The Labute approximate surface area is 357 Å². The van der Waals surface area contributed by atoms with Crippen LogP contribution < -0.4 is 27.4 Å². The smallest absolute Gasteiger partial charge is 0.497 e. The van der Waals surface area contributed by atoms with Gasteiger partial charge in [0.1, 0.15) is 28.8 Å². The molecule has 8 rings (SSSR count). The van der Waals surface area contributed by atoms with Gasteiger partial charge in [0.05, 0.1) is 14.2 Å². The summed E-state index contributed by atoms with van der Waals surface area (Å²) >= 11 is 0. The number of benzene rings is 5. The average Bonchev–Trinajstić information content (AvgIpc) is 3.20. The van der Waals surface area contributed by atoms with Crippen LogP contribution in [0.4, 0.5) is 0 Å². The van der Waals surface area contributed by atoms with E-state index in [1.165, 1.54) is 0 Å². The molecule has 1 unspecified atom stereocenters. The summed E-state index contributed by atoms with van der Waals surface area (Å²) in [6.07, 6.45) is 4.19. The molecule has 0 bridgehead atoms. The van der Waals surface area contributed by atoms with E-state index in [1.807, 2.05) is 13.0 Å². The summed E-state index contributed by atoms with van der Waals surface area (Å²) in [6, 6.07) is 21.0. The second-order valence-corrected chi connectivity index (χ2v) is 18.4. The zero-order valence-electron chi connectivity index (χ0n) is 36.7. The lowest BCUT2D eigenvalue weighted by molar-refractivity contribution is 0.234. The lowest BCUT2D eigenvalue weighted by Crippen LogP contribution is -2.15. The summed E-state index contributed by atoms with van der Waals surface area (Å²) in [5, 5.41) is 0. The zero-order chi connectivity index (χ0) is 42.6. The number of aryl methyl sites for hydroxylation is 9. The summed E-state index contributed by atoms with van der Waals surface area (Å²) in [7, 11) is -0.781. The van der Waals surface area contributed by atoms with Crippen LogP contribution in [0.15, 0.2) is 78.3 Å². The van der Waals surface area contributed by atoms with Crippen LogP contribution in [0.2, 0.25) is 0 Å². The first-order valence-electron chi connectivity index (χ1n) is 20.5. The molecule has 5 aromatic rings. The highest BCUT2D eigenvalue weighted by Crippen LogP contribution is 2.57. The molecule has 2 heterocycles. The van der Waals surface area contributed by atoms with Crippen molar-refractivity contribution in [3.63, 3.8) is 0 Å². The number of fused-ring (bicyclic) bond motifs is 4. The summed E-state index contributed by atoms with van der Waals surface area (Å²) in [4.78, 5) is 0. The number of hydrogen-bond donors (Lipinski definition) is 0. The van der Waals surface area contributed by atoms with E-state index in [0.29, 0.717) is 42.3 Å². The maximum atomic E-state index is 7.09. The van der Waals surface area contributed by atoms with Gasteiger partial charge >= 0.3 is 17.2 Å². The molecule has 0 saturated carbocycles. The molecule has 0 saturated heterocycles. The molecule has 5 aromatic carbocycles. The van der Waals surface area contributed by atoms with E-state index < -0.39 is 17.2 Å². The first kappa shape index (κ1) is 41.6. The van der Waals surface area contributed by atoms with Gasteiger partial charge in [0.2, 0.25) is 0 Å². The Morgan fingerprint density at radius 1 is 0.517 bits per heavy atom. The van der Waals surface area contributed by atoms with Crippen molar-refractivity contribution < 1.29 is 36.6 Å². The fourth-order valence-electron chi connectivity index (χ4n) is 8.30. The largest absolute Gasteiger partial charge is 0.530 e. The van der Waals surface area contributed by atoms with Crippen molar-refractivity contribution in [1.29, 1.82) is 0 Å². The Morgan fingerprint density at radius 3 is 1.32 bits per heavy atom. The fourth-order valence-corrected chi connectivity index (χ4v) is 10.8. The first-order chi connectivity index (χ1) is 28.7. The van der Waals surface area contributed by atoms with Gasteiger partial charge in [-0.05, 0) is 130 Å². The normalized spacial score (nSPS) is 16.4. The van der Waals surface area contributed by atoms with Crippen LogP contribution in [0.5, 0.6) is 34.5 Å². The number of methoxy groups -OCH3 is 2. The summed E-state index contributed by atoms with van der Waals surface area (Å²) in [5.41, 5.74) is 15.6. The summed E-state index contributed by atoms with van der Waals surface area (Å²) < 4.78 is 53.9. The molecule has 0 fully saturated rings. The fraction of sp³-hybridized carbons (Fsp3) is 0.320. The Kier molecular flexibility index (Phi) is 11.6. The Hall–Kier alpha value is -5.16. The van der Waals surface area contributed by atoms with E-state index in [0.717, 1.165) is 106 Å². The highest BCUT2D eigenvalue weighted by molar-refractivity contribution is 7.43. The van der Waals surface area contributed by atoms with Crippen molar-refractivity contribution in [2.45, 2.75) is 88.5 Å². The molecular weight excluding hydrogens is 790 g/mol. The predicted molar refractivity (Wildman–Crippen MR) is 241 cm³/mol. The molecule has 0 spiro atoms. The quantitative estimate of drug-likeness (QED) is 0.150. The molecule has 312 valence electrons. The van der Waals surface area contributed by atoms with Crippen LogP contribution in [0.25, 0.3) is 5.57 Å². The SMILES string of the molecule is COC1=C(OP2Oc3c(C)ccc(C)c3Cc3c(C)ccc(C)c3O2)C(c2cc(C)cc(OC)c2OP2Oc3c(C)ccc(C)c3Cc3c(C)ccc(C)c3O2)=CC(C)C1. The summed E-state index contributed by atoms with van der Waals surface area (Å²) in [6.45, 7) is 21.0. The van der Waals surface area contributed by atoms with Crippen molar-refractivity contribution in [3.05, 3.63) is 156 Å². The van der Waals surface area contributed by atoms with Gasteiger partial charge in [0.25, 0.3) is 0 Å². The van der Waals surface area contributed by atoms with Crippen molar-refractivity contribution in [3.8, 4) is 34.5 Å². The molecule has 0 N–H and O–H groups in total. The van der Waals surface area contributed by atoms with E-state index in [2.05, 4.69) is 123 Å². The van der Waals surface area contributed by atoms with Crippen LogP contribution >= 0.6 is 17.2 Å². The van der Waals surface area contributed by atoms with Gasteiger partial charge in [-0.1, -0.05) is 61.5 Å². The zero-order valence-corrected chi connectivity index (χ0v) is 38.5. The molecule has 0 radical (unpaired) electrons. The molecule has 1 aliphatic carbocycles. The van der Waals surface area contributed by atoms with E-state index in [1.54, 1.807) is 14.2 Å². The number of hydrogen-bond acceptors (Lipinski definition) is 8. The topological polar surface area (TPSA) is 73.8 Å². The van der Waals surface area contributed by atoms with Crippen LogP contribution in [-0.2, 0) is 22.1 Å². The second kappa shape index (κ2) is 16.7. The van der Waals surface area contributed by atoms with Crippen molar-refractivity contribution in [2.75, 3.05) is 14.2 Å². The van der Waals surface area contributed by atoms with Crippen molar-refractivity contribution in [1.82, 2.24) is 0 Å². The number of rotatable bonds is 7. The van der Waals surface area contributed by atoms with E-state index >= 15 is 0 Å². The van der Waals surface area contributed by atoms with E-state index in [-0.39, 0.29) is 5.92 Å². The number of ether oxygens (including phenoxy) is 2. The molecule has 10 heteroatoms. The minimum absolute atomic E-state index is 0.0967. The first-order valence-corrected chi connectivity index (χ1v) is 22.7. The molecule has 3 aliphatic rings. The standard InChI is InChI=1S/C50H54O8P2/c1-27-21-41(49(43(23-27)51-11)57-59-53-45-33(7)17-13-29(3)37(45)25-38-30(4)14-18-34(8)46(38)54-59)42-22-28(2)24-44(52-12)50(42)58-60-55-47-35(9)19-15-31(5)39(47)26-40-32(6)16-20-36(10)48(40)56-60/h13-23,28H,24-26H2,1-12H3. The summed E-state index contributed by atoms with van der Waals surface area (Å²) in [5.74, 6) is 5.39. The van der Waals surface area contributed by atoms with Gasteiger partial charge in [-0.15, -0.1) is 0 Å². The molecule has 0 aromatic heterocycles. The molecular formula is C50H54O8P2. The number of allylic oxidation sites excluding steroid dienone is 3. The van der Waals surface area contributed by atoms with Crippen LogP contribution in [-0.4, -0.2) is 14.2 Å². The van der Waals surface area contributed by atoms with Gasteiger partial charge in [-0.3, -0.25) is 0 Å². The third-order valence-corrected chi connectivity index (χ3v) is 13.9. The monoisotopic (exact) mass is 844 g/mol. The Balaban J connectivity index is 1.25. The van der Waals surface area contributed by atoms with Gasteiger partial charge in [-0.2, -0.15) is 0 Å². The highest BCUT2D eigenvalue weighted by atomic mass is 31.2. The predicted octanol–water partition coefficient (Wildman–Crippen LogP) is 13.7.